The number of carbonyl (C=O) groups excluding carboxylic acids is 1. The predicted octanol–water partition coefficient (Wildman–Crippen LogP) is 4.72. The number of rotatable bonds is 7. The molecule has 0 bridgehead atoms. The monoisotopic (exact) mass is 467 g/mol. The predicted molar refractivity (Wildman–Crippen MR) is 127 cm³/mol. The molecule has 1 N–H and O–H groups in total. The first-order valence-electron chi connectivity index (χ1n) is 9.97. The van der Waals surface area contributed by atoms with Crippen LogP contribution in [0, 0.1) is 13.8 Å². The molecule has 4 rings (SSSR count). The van der Waals surface area contributed by atoms with Gasteiger partial charge in [-0.15, -0.1) is 5.10 Å². The maximum absolute atomic E-state index is 12.3. The molecule has 0 aliphatic heterocycles. The van der Waals surface area contributed by atoms with Gasteiger partial charge in [0.2, 0.25) is 11.1 Å². The second kappa shape index (κ2) is 9.58. The molecule has 1 amide bonds. The summed E-state index contributed by atoms with van der Waals surface area (Å²) in [6.45, 7) is 3.97. The fourth-order valence-corrected chi connectivity index (χ4v) is 4.22. The van der Waals surface area contributed by atoms with Gasteiger partial charge in [0.25, 0.3) is 5.78 Å². The van der Waals surface area contributed by atoms with Crippen LogP contribution in [-0.4, -0.2) is 38.4 Å². The first kappa shape index (κ1) is 22.1. The largest absolute Gasteiger partial charge is 0.497 e. The number of hydrogen-bond donors (Lipinski definition) is 1. The van der Waals surface area contributed by atoms with Gasteiger partial charge in [0, 0.05) is 34.6 Å². The molecule has 0 unspecified atom stereocenters. The number of carbonyl (C=O) groups is 1. The molecule has 4 aromatic rings. The Morgan fingerprint density at radius 1 is 1.16 bits per heavy atom. The van der Waals surface area contributed by atoms with Crippen LogP contribution < -0.4 is 10.1 Å². The number of nitrogens with zero attached hydrogens (tertiary/aromatic N) is 4. The Morgan fingerprint density at radius 3 is 2.75 bits per heavy atom. The molecule has 32 heavy (non-hydrogen) atoms. The van der Waals surface area contributed by atoms with E-state index in [2.05, 4.69) is 20.4 Å². The van der Waals surface area contributed by atoms with Gasteiger partial charge in [-0.25, -0.2) is 9.50 Å². The van der Waals surface area contributed by atoms with Crippen molar-refractivity contribution in [2.24, 2.45) is 0 Å². The van der Waals surface area contributed by atoms with Crippen LogP contribution in [0.2, 0.25) is 5.02 Å². The van der Waals surface area contributed by atoms with Crippen molar-refractivity contribution in [1.82, 2.24) is 19.6 Å². The molecule has 0 saturated carbocycles. The minimum absolute atomic E-state index is 0.149. The molecule has 2 aromatic carbocycles. The summed E-state index contributed by atoms with van der Waals surface area (Å²) >= 11 is 7.40. The Labute approximate surface area is 195 Å². The van der Waals surface area contributed by atoms with Crippen molar-refractivity contribution in [2.45, 2.75) is 25.4 Å². The molecule has 164 valence electrons. The second-order valence-electron chi connectivity index (χ2n) is 7.24. The summed E-state index contributed by atoms with van der Waals surface area (Å²) in [6, 6.07) is 15.0. The average Bonchev–Trinajstić information content (AvgIpc) is 3.18. The van der Waals surface area contributed by atoms with E-state index in [4.69, 9.17) is 16.3 Å². The van der Waals surface area contributed by atoms with Gasteiger partial charge in [0.1, 0.15) is 5.75 Å². The van der Waals surface area contributed by atoms with Gasteiger partial charge in [-0.1, -0.05) is 41.6 Å². The topological polar surface area (TPSA) is 81.4 Å². The van der Waals surface area contributed by atoms with Crippen LogP contribution in [0.4, 0.5) is 5.69 Å². The SMILES string of the molecule is COc1cccc(NC(=O)CSc2nc3nc(C)c(Cc4cccc(Cl)c4)c(C)n3n2)c1. The van der Waals surface area contributed by atoms with Gasteiger partial charge >= 0.3 is 0 Å². The third kappa shape index (κ3) is 5.03. The number of nitrogens with one attached hydrogen (secondary N) is 1. The molecule has 0 saturated heterocycles. The Hall–Kier alpha value is -3.10. The molecule has 0 fully saturated rings. The maximum Gasteiger partial charge on any atom is 0.253 e. The molecule has 0 aliphatic rings. The summed E-state index contributed by atoms with van der Waals surface area (Å²) in [7, 11) is 1.59. The zero-order valence-corrected chi connectivity index (χ0v) is 19.5. The number of benzene rings is 2. The standard InChI is InChI=1S/C23H22ClN5O2S/c1-14-20(11-16-6-4-7-17(24)10-16)15(2)29-22(25-14)27-23(28-29)32-13-21(30)26-18-8-5-9-19(12-18)31-3/h4-10,12H,11,13H2,1-3H3,(H,26,30). The summed E-state index contributed by atoms with van der Waals surface area (Å²) in [6.07, 6.45) is 0.701. The first-order chi connectivity index (χ1) is 15.4. The lowest BCUT2D eigenvalue weighted by atomic mass is 10.0. The highest BCUT2D eigenvalue weighted by molar-refractivity contribution is 7.99. The van der Waals surface area contributed by atoms with Crippen LogP contribution in [0.3, 0.4) is 0 Å². The zero-order chi connectivity index (χ0) is 22.7. The lowest BCUT2D eigenvalue weighted by Crippen LogP contribution is -2.14. The smallest absolute Gasteiger partial charge is 0.253 e. The van der Waals surface area contributed by atoms with Crippen LogP contribution in [-0.2, 0) is 11.2 Å². The van der Waals surface area contributed by atoms with Gasteiger partial charge < -0.3 is 10.1 Å². The van der Waals surface area contributed by atoms with E-state index in [-0.39, 0.29) is 11.7 Å². The number of ether oxygens (including phenoxy) is 1. The van der Waals surface area contributed by atoms with Crippen molar-refractivity contribution in [2.75, 3.05) is 18.2 Å². The minimum atomic E-state index is -0.149. The molecule has 0 spiro atoms. The van der Waals surface area contributed by atoms with Crippen molar-refractivity contribution in [1.29, 1.82) is 0 Å². The summed E-state index contributed by atoms with van der Waals surface area (Å²) in [5.41, 5.74) is 4.73. The molecule has 2 heterocycles. The Balaban J connectivity index is 1.48. The molecule has 2 aromatic heterocycles. The second-order valence-corrected chi connectivity index (χ2v) is 8.62. The Morgan fingerprint density at radius 2 is 1.97 bits per heavy atom. The van der Waals surface area contributed by atoms with Gasteiger partial charge in [-0.3, -0.25) is 4.79 Å². The molecule has 0 atom stereocenters. The minimum Gasteiger partial charge on any atom is -0.497 e. The number of hydrogen-bond acceptors (Lipinski definition) is 6. The van der Waals surface area contributed by atoms with Crippen molar-refractivity contribution < 1.29 is 9.53 Å². The number of aryl methyl sites for hydroxylation is 2. The third-order valence-corrected chi connectivity index (χ3v) is 6.06. The highest BCUT2D eigenvalue weighted by Crippen LogP contribution is 2.22. The van der Waals surface area contributed by atoms with E-state index in [0.29, 0.717) is 33.8 Å². The van der Waals surface area contributed by atoms with E-state index >= 15 is 0 Å². The van der Waals surface area contributed by atoms with Crippen molar-refractivity contribution in [3.63, 3.8) is 0 Å². The number of amides is 1. The van der Waals surface area contributed by atoms with E-state index in [9.17, 15) is 4.79 Å². The lowest BCUT2D eigenvalue weighted by molar-refractivity contribution is -0.113. The fraction of sp³-hybridized carbons (Fsp3) is 0.217. The summed E-state index contributed by atoms with van der Waals surface area (Å²) in [5.74, 6) is 1.24. The van der Waals surface area contributed by atoms with Gasteiger partial charge in [-0.05, 0) is 49.2 Å². The maximum atomic E-state index is 12.3. The quantitative estimate of drug-likeness (QED) is 0.396. The fourth-order valence-electron chi connectivity index (χ4n) is 3.39. The molecular weight excluding hydrogens is 446 g/mol. The molecule has 0 radical (unpaired) electrons. The molecule has 9 heteroatoms. The summed E-state index contributed by atoms with van der Waals surface area (Å²) in [5, 5.41) is 8.62. The number of anilines is 1. The van der Waals surface area contributed by atoms with Crippen LogP contribution in [0.5, 0.6) is 5.75 Å². The highest BCUT2D eigenvalue weighted by Gasteiger charge is 2.15. The average molecular weight is 468 g/mol. The molecule has 0 aliphatic carbocycles. The number of thioether (sulfide) groups is 1. The van der Waals surface area contributed by atoms with Gasteiger partial charge in [0.05, 0.1) is 12.9 Å². The third-order valence-electron chi connectivity index (χ3n) is 4.99. The Bertz CT molecular complexity index is 1290. The number of methoxy groups -OCH3 is 1. The van der Waals surface area contributed by atoms with E-state index in [1.165, 1.54) is 11.8 Å². The highest BCUT2D eigenvalue weighted by atomic mass is 35.5. The van der Waals surface area contributed by atoms with Crippen LogP contribution in [0.1, 0.15) is 22.5 Å². The summed E-state index contributed by atoms with van der Waals surface area (Å²) < 4.78 is 6.91. The van der Waals surface area contributed by atoms with Crippen LogP contribution in [0.25, 0.3) is 5.78 Å². The lowest BCUT2D eigenvalue weighted by Gasteiger charge is -2.10. The van der Waals surface area contributed by atoms with Gasteiger partial charge in [-0.2, -0.15) is 4.98 Å². The molecular formula is C23H22ClN5O2S. The summed E-state index contributed by atoms with van der Waals surface area (Å²) in [4.78, 5) is 21.4. The van der Waals surface area contributed by atoms with Crippen molar-refractivity contribution in [3.05, 3.63) is 76.1 Å². The number of fused-ring (bicyclic) bond motifs is 1. The zero-order valence-electron chi connectivity index (χ0n) is 17.9. The first-order valence-corrected chi connectivity index (χ1v) is 11.3. The van der Waals surface area contributed by atoms with Crippen molar-refractivity contribution >= 4 is 40.7 Å². The van der Waals surface area contributed by atoms with E-state index < -0.39 is 0 Å². The van der Waals surface area contributed by atoms with E-state index in [0.717, 1.165) is 22.5 Å². The van der Waals surface area contributed by atoms with E-state index in [1.54, 1.807) is 17.7 Å². The molecule has 7 nitrogen and oxygen atoms in total. The Kier molecular flexibility index (Phi) is 6.62. The van der Waals surface area contributed by atoms with E-state index in [1.807, 2.05) is 56.3 Å². The van der Waals surface area contributed by atoms with Crippen LogP contribution in [0.15, 0.2) is 53.7 Å². The van der Waals surface area contributed by atoms with Gasteiger partial charge in [0.15, 0.2) is 0 Å². The number of aromatic nitrogens is 4. The van der Waals surface area contributed by atoms with Crippen molar-refractivity contribution in [3.8, 4) is 5.75 Å². The normalized spacial score (nSPS) is 11.0. The van der Waals surface area contributed by atoms with Crippen LogP contribution >= 0.6 is 23.4 Å². The number of halogens is 1.